The number of rotatable bonds is 5. The Bertz CT molecular complexity index is 576. The number of ether oxygens (including phenoxy) is 3. The van der Waals surface area contributed by atoms with Crippen LogP contribution in [0.2, 0.25) is 0 Å². The monoisotopic (exact) mass is 389 g/mol. The summed E-state index contributed by atoms with van der Waals surface area (Å²) in [6.45, 7) is 0. The summed E-state index contributed by atoms with van der Waals surface area (Å²) < 4.78 is 31.4. The molecule has 0 saturated carbocycles. The third-order valence-electron chi connectivity index (χ3n) is 2.68. The zero-order valence-corrected chi connectivity index (χ0v) is 13.6. The van der Waals surface area contributed by atoms with Gasteiger partial charge in [0, 0.05) is 12.1 Å². The van der Waals surface area contributed by atoms with Gasteiger partial charge in [0.1, 0.15) is 5.75 Å². The molecule has 3 nitrogen and oxygen atoms in total. The molecule has 0 bridgehead atoms. The second-order valence-electron chi connectivity index (χ2n) is 3.85. The van der Waals surface area contributed by atoms with Crippen LogP contribution in [0.5, 0.6) is 17.2 Å². The molecular weight excluding hydrogens is 374 g/mol. The van der Waals surface area contributed by atoms with Crippen molar-refractivity contribution < 1.29 is 39.8 Å². The number of hydrogen-bond donors (Lipinski definition) is 0. The fourth-order valence-corrected chi connectivity index (χ4v) is 4.36. The largest absolute Gasteiger partial charge is 0.496 e. The molecule has 0 radical (unpaired) electrons. The van der Waals surface area contributed by atoms with Crippen LogP contribution in [0.3, 0.4) is 0 Å². The lowest BCUT2D eigenvalue weighted by Crippen LogP contribution is -3.61. The Morgan fingerprint density at radius 3 is 2.00 bits per heavy atom. The highest BCUT2D eigenvalue weighted by Crippen LogP contribution is 2.27. The molecule has 0 saturated heterocycles. The molecular formula is C15H15FIO3+. The molecule has 0 aliphatic rings. The molecule has 20 heavy (non-hydrogen) atoms. The highest BCUT2D eigenvalue weighted by molar-refractivity contribution is 5.41. The van der Waals surface area contributed by atoms with Gasteiger partial charge in [-0.05, 0) is 12.1 Å². The molecule has 0 atom stereocenters. The van der Waals surface area contributed by atoms with E-state index in [-0.39, 0.29) is 5.82 Å². The third kappa shape index (κ3) is 3.15. The van der Waals surface area contributed by atoms with Crippen molar-refractivity contribution in [2.24, 2.45) is 0 Å². The van der Waals surface area contributed by atoms with Crippen molar-refractivity contribution in [2.45, 2.75) is 0 Å². The van der Waals surface area contributed by atoms with E-state index in [9.17, 15) is 4.39 Å². The van der Waals surface area contributed by atoms with Crippen LogP contribution in [-0.4, -0.2) is 21.3 Å². The van der Waals surface area contributed by atoms with E-state index < -0.39 is 21.2 Å². The molecule has 0 aliphatic heterocycles. The van der Waals surface area contributed by atoms with Crippen molar-refractivity contribution in [1.29, 1.82) is 0 Å². The quantitative estimate of drug-likeness (QED) is 0.673. The second-order valence-corrected chi connectivity index (χ2v) is 6.63. The first-order chi connectivity index (χ1) is 9.69. The van der Waals surface area contributed by atoms with E-state index >= 15 is 0 Å². The van der Waals surface area contributed by atoms with Crippen LogP contribution in [0.25, 0.3) is 0 Å². The Kier molecular flexibility index (Phi) is 5.05. The summed E-state index contributed by atoms with van der Waals surface area (Å²) in [6, 6.07) is 10.4. The minimum Gasteiger partial charge on any atom is -0.496 e. The average molecular weight is 389 g/mol. The molecule has 0 N–H and O–H groups in total. The summed E-state index contributed by atoms with van der Waals surface area (Å²) in [6.07, 6.45) is 0. The van der Waals surface area contributed by atoms with E-state index in [4.69, 9.17) is 14.2 Å². The molecule has 5 heteroatoms. The van der Waals surface area contributed by atoms with Gasteiger partial charge in [-0.1, -0.05) is 12.1 Å². The van der Waals surface area contributed by atoms with E-state index in [1.165, 1.54) is 6.07 Å². The maximum Gasteiger partial charge on any atom is 0.369 e. The zero-order valence-electron chi connectivity index (χ0n) is 11.4. The first-order valence-electron chi connectivity index (χ1n) is 5.89. The highest BCUT2D eigenvalue weighted by Gasteiger charge is 2.30. The molecule has 2 aromatic rings. The zero-order chi connectivity index (χ0) is 14.5. The summed E-state index contributed by atoms with van der Waals surface area (Å²) in [4.78, 5) is 0. The molecule has 0 heterocycles. The maximum atomic E-state index is 13.8. The van der Waals surface area contributed by atoms with Crippen molar-refractivity contribution in [3.8, 4) is 17.2 Å². The Morgan fingerprint density at radius 1 is 0.900 bits per heavy atom. The van der Waals surface area contributed by atoms with Crippen LogP contribution in [0.15, 0.2) is 36.4 Å². The third-order valence-corrected chi connectivity index (χ3v) is 5.73. The molecule has 0 aliphatic carbocycles. The van der Waals surface area contributed by atoms with Gasteiger partial charge in [-0.2, -0.15) is 0 Å². The van der Waals surface area contributed by atoms with Gasteiger partial charge in [-0.25, -0.2) is 4.39 Å². The van der Waals surface area contributed by atoms with Crippen LogP contribution in [-0.2, 0) is 0 Å². The summed E-state index contributed by atoms with van der Waals surface area (Å²) in [5, 5.41) is 0. The molecule has 0 spiro atoms. The summed E-state index contributed by atoms with van der Waals surface area (Å²) >= 11 is -0.748. The van der Waals surface area contributed by atoms with Crippen molar-refractivity contribution in [3.05, 3.63) is 49.4 Å². The predicted molar refractivity (Wildman–Crippen MR) is 69.9 cm³/mol. The fraction of sp³-hybridized carbons (Fsp3) is 0.200. The van der Waals surface area contributed by atoms with Crippen molar-refractivity contribution in [1.82, 2.24) is 0 Å². The standard InChI is InChI=1S/C15H15FIO3/c1-18-10-8-13(19-2)15(14(9-10)20-3)17-12-7-5-4-6-11(12)16/h4-9H,1-3H3/q+1. The lowest BCUT2D eigenvalue weighted by Gasteiger charge is -2.08. The van der Waals surface area contributed by atoms with Gasteiger partial charge in [0.2, 0.25) is 3.57 Å². The van der Waals surface area contributed by atoms with E-state index in [1.807, 2.05) is 6.07 Å². The molecule has 2 rings (SSSR count). The Morgan fingerprint density at radius 2 is 1.50 bits per heavy atom. The minimum absolute atomic E-state index is 0.194. The van der Waals surface area contributed by atoms with Gasteiger partial charge in [0.15, 0.2) is 17.3 Å². The second kappa shape index (κ2) is 6.78. The van der Waals surface area contributed by atoms with Gasteiger partial charge >= 0.3 is 21.2 Å². The molecule has 0 unspecified atom stereocenters. The molecule has 2 aromatic carbocycles. The topological polar surface area (TPSA) is 27.7 Å². The van der Waals surface area contributed by atoms with Crippen LogP contribution in [0, 0.1) is 13.0 Å². The molecule has 0 aromatic heterocycles. The fourth-order valence-electron chi connectivity index (χ4n) is 1.67. The minimum atomic E-state index is -0.748. The van der Waals surface area contributed by atoms with Crippen LogP contribution < -0.4 is 35.4 Å². The van der Waals surface area contributed by atoms with Gasteiger partial charge in [0.25, 0.3) is 3.57 Å². The van der Waals surface area contributed by atoms with Crippen molar-refractivity contribution in [2.75, 3.05) is 21.3 Å². The van der Waals surface area contributed by atoms with Gasteiger partial charge < -0.3 is 14.2 Å². The van der Waals surface area contributed by atoms with Crippen molar-refractivity contribution in [3.63, 3.8) is 0 Å². The van der Waals surface area contributed by atoms with Crippen LogP contribution in [0.4, 0.5) is 4.39 Å². The Hall–Kier alpha value is -1.50. The van der Waals surface area contributed by atoms with E-state index in [2.05, 4.69) is 0 Å². The number of halogens is 2. The predicted octanol–water partition coefficient (Wildman–Crippen LogP) is -0.0201. The lowest BCUT2D eigenvalue weighted by atomic mass is 10.3. The van der Waals surface area contributed by atoms with Gasteiger partial charge in [-0.15, -0.1) is 0 Å². The summed E-state index contributed by atoms with van der Waals surface area (Å²) in [7, 11) is 4.76. The first-order valence-corrected chi connectivity index (χ1v) is 8.04. The first kappa shape index (κ1) is 14.9. The SMILES string of the molecule is COc1cc(OC)c([I+]c2ccccc2F)c(OC)c1. The number of hydrogen-bond acceptors (Lipinski definition) is 3. The van der Waals surface area contributed by atoms with E-state index in [0.29, 0.717) is 20.8 Å². The van der Waals surface area contributed by atoms with E-state index in [0.717, 1.165) is 3.57 Å². The van der Waals surface area contributed by atoms with E-state index in [1.54, 1.807) is 45.6 Å². The van der Waals surface area contributed by atoms with Crippen LogP contribution in [0.1, 0.15) is 0 Å². The lowest BCUT2D eigenvalue weighted by molar-refractivity contribution is -0.601. The smallest absolute Gasteiger partial charge is 0.369 e. The molecule has 0 fully saturated rings. The summed E-state index contributed by atoms with van der Waals surface area (Å²) in [5.41, 5.74) is 0. The molecule has 106 valence electrons. The van der Waals surface area contributed by atoms with Gasteiger partial charge in [0.05, 0.1) is 21.3 Å². The summed E-state index contributed by atoms with van der Waals surface area (Å²) in [5.74, 6) is 1.79. The normalized spacial score (nSPS) is 10.2. The average Bonchev–Trinajstić information content (AvgIpc) is 2.49. The number of benzene rings is 2. The Balaban J connectivity index is 2.47. The number of methoxy groups -OCH3 is 3. The van der Waals surface area contributed by atoms with Gasteiger partial charge in [-0.3, -0.25) is 0 Å². The van der Waals surface area contributed by atoms with Crippen molar-refractivity contribution >= 4 is 0 Å². The van der Waals surface area contributed by atoms with Crippen LogP contribution >= 0.6 is 0 Å². The maximum absolute atomic E-state index is 13.8. The Labute approximate surface area is 127 Å². The molecule has 0 amide bonds. The highest BCUT2D eigenvalue weighted by atomic mass is 127.